The molecule has 1 atom stereocenters. The number of hydrogen-bond acceptors (Lipinski definition) is 6. The molecular weight excluding hydrogens is 430 g/mol. The molecule has 164 valence electrons. The van der Waals surface area contributed by atoms with Crippen molar-refractivity contribution in [2.75, 3.05) is 11.9 Å². The van der Waals surface area contributed by atoms with Crippen molar-refractivity contribution in [3.8, 4) is 16.3 Å². The zero-order chi connectivity index (χ0) is 22.4. The molecule has 8 heteroatoms. The zero-order valence-corrected chi connectivity index (χ0v) is 19.8. The molecule has 0 aliphatic carbocycles. The van der Waals surface area contributed by atoms with Crippen molar-refractivity contribution < 1.29 is 14.3 Å². The van der Waals surface area contributed by atoms with E-state index in [-0.39, 0.29) is 18.4 Å². The number of aryl methyl sites for hydroxylation is 1. The summed E-state index contributed by atoms with van der Waals surface area (Å²) in [6.45, 7) is 8.19. The number of carbonyl (C=O) groups excluding carboxylic acids is 2. The third kappa shape index (κ3) is 6.15. The van der Waals surface area contributed by atoms with Crippen molar-refractivity contribution in [1.29, 1.82) is 0 Å². The number of benzene rings is 1. The van der Waals surface area contributed by atoms with E-state index in [1.165, 1.54) is 18.3 Å². The van der Waals surface area contributed by atoms with Crippen molar-refractivity contribution in [1.82, 2.24) is 10.3 Å². The molecule has 2 aromatic heterocycles. The average molecular weight is 458 g/mol. The molecule has 1 unspecified atom stereocenters. The maximum atomic E-state index is 12.4. The van der Waals surface area contributed by atoms with Gasteiger partial charge in [-0.3, -0.25) is 14.9 Å². The minimum atomic E-state index is -0.239. The van der Waals surface area contributed by atoms with Gasteiger partial charge in [0, 0.05) is 16.7 Å². The standard InChI is InChI=1S/C23H27N3O3S2/c1-5-14(2)18-8-6-7-9-19(18)29-13-21(28)25-23-26-22(15(3)30-23)20-11-10-17(31-20)12-24-16(4)27/h6-11,14H,5,12-13H2,1-4H3,(H,24,27)(H,25,26,28). The quantitative estimate of drug-likeness (QED) is 0.454. The van der Waals surface area contributed by atoms with Crippen LogP contribution in [-0.4, -0.2) is 23.4 Å². The van der Waals surface area contributed by atoms with E-state index in [2.05, 4.69) is 29.5 Å². The van der Waals surface area contributed by atoms with E-state index in [9.17, 15) is 9.59 Å². The Labute approximate surface area is 190 Å². The normalized spacial score (nSPS) is 11.7. The Bertz CT molecular complexity index is 1060. The number of carbonyl (C=O) groups is 2. The van der Waals surface area contributed by atoms with Gasteiger partial charge in [0.25, 0.3) is 5.91 Å². The maximum Gasteiger partial charge on any atom is 0.264 e. The number of ether oxygens (including phenoxy) is 1. The third-order valence-corrected chi connectivity index (χ3v) is 6.85. The molecule has 0 radical (unpaired) electrons. The number of rotatable bonds is 9. The van der Waals surface area contributed by atoms with Gasteiger partial charge in [-0.1, -0.05) is 32.0 Å². The fraction of sp³-hybridized carbons (Fsp3) is 0.348. The number of thiophene rings is 1. The van der Waals surface area contributed by atoms with Crippen LogP contribution in [-0.2, 0) is 16.1 Å². The number of aromatic nitrogens is 1. The first-order valence-electron chi connectivity index (χ1n) is 10.2. The summed E-state index contributed by atoms with van der Waals surface area (Å²) in [6, 6.07) is 11.8. The fourth-order valence-electron chi connectivity index (χ4n) is 3.03. The van der Waals surface area contributed by atoms with Gasteiger partial charge in [0.1, 0.15) is 5.75 Å². The largest absolute Gasteiger partial charge is 0.483 e. The van der Waals surface area contributed by atoms with Gasteiger partial charge in [-0.25, -0.2) is 4.98 Å². The van der Waals surface area contributed by atoms with Crippen LogP contribution < -0.4 is 15.4 Å². The van der Waals surface area contributed by atoms with E-state index in [0.717, 1.165) is 38.1 Å². The minimum absolute atomic E-state index is 0.0567. The molecule has 0 bridgehead atoms. The Morgan fingerprint density at radius 3 is 2.68 bits per heavy atom. The Hall–Kier alpha value is -2.71. The Morgan fingerprint density at radius 2 is 1.94 bits per heavy atom. The van der Waals surface area contributed by atoms with E-state index in [1.54, 1.807) is 11.3 Å². The molecule has 0 saturated heterocycles. The predicted molar refractivity (Wildman–Crippen MR) is 127 cm³/mol. The molecule has 0 spiro atoms. The molecule has 0 saturated carbocycles. The van der Waals surface area contributed by atoms with Crippen molar-refractivity contribution >= 4 is 39.6 Å². The molecule has 6 nitrogen and oxygen atoms in total. The lowest BCUT2D eigenvalue weighted by molar-refractivity contribution is -0.119. The summed E-state index contributed by atoms with van der Waals surface area (Å²) < 4.78 is 5.80. The molecule has 0 aliphatic heterocycles. The summed E-state index contributed by atoms with van der Waals surface area (Å²) in [7, 11) is 0. The van der Waals surface area contributed by atoms with Crippen LogP contribution in [0.1, 0.15) is 48.4 Å². The molecule has 2 amide bonds. The number of amides is 2. The second-order valence-electron chi connectivity index (χ2n) is 7.28. The van der Waals surface area contributed by atoms with Crippen LogP contribution in [0.25, 0.3) is 10.6 Å². The van der Waals surface area contributed by atoms with Gasteiger partial charge in [-0.2, -0.15) is 0 Å². The highest BCUT2D eigenvalue weighted by atomic mass is 32.1. The molecule has 2 N–H and O–H groups in total. The Kier molecular flexibility index (Phi) is 7.81. The summed E-state index contributed by atoms with van der Waals surface area (Å²) in [5, 5.41) is 6.19. The molecule has 2 heterocycles. The molecular formula is C23H27N3O3S2. The van der Waals surface area contributed by atoms with E-state index >= 15 is 0 Å². The first-order chi connectivity index (χ1) is 14.9. The lowest BCUT2D eigenvalue weighted by atomic mass is 9.98. The average Bonchev–Trinajstić information content (AvgIpc) is 3.36. The second-order valence-corrected chi connectivity index (χ2v) is 9.66. The van der Waals surface area contributed by atoms with Crippen molar-refractivity contribution in [2.45, 2.75) is 46.6 Å². The topological polar surface area (TPSA) is 80.3 Å². The van der Waals surface area contributed by atoms with Gasteiger partial charge in [0.2, 0.25) is 5.91 Å². The summed E-state index contributed by atoms with van der Waals surface area (Å²) in [4.78, 5) is 31.2. The Morgan fingerprint density at radius 1 is 1.16 bits per heavy atom. The maximum absolute atomic E-state index is 12.4. The number of nitrogens with one attached hydrogen (secondary N) is 2. The molecule has 0 fully saturated rings. The van der Waals surface area contributed by atoms with E-state index < -0.39 is 0 Å². The Balaban J connectivity index is 1.62. The molecule has 3 rings (SSSR count). The highest BCUT2D eigenvalue weighted by molar-refractivity contribution is 7.18. The summed E-state index contributed by atoms with van der Waals surface area (Å²) >= 11 is 3.02. The highest BCUT2D eigenvalue weighted by Gasteiger charge is 2.15. The molecule has 0 aliphatic rings. The molecule has 3 aromatic rings. The fourth-order valence-corrected chi connectivity index (χ4v) is 4.93. The van der Waals surface area contributed by atoms with Gasteiger partial charge in [-0.05, 0) is 43.0 Å². The van der Waals surface area contributed by atoms with Crippen molar-refractivity contribution in [3.05, 3.63) is 51.7 Å². The van der Waals surface area contributed by atoms with Crippen LogP contribution >= 0.6 is 22.7 Å². The van der Waals surface area contributed by atoms with Gasteiger partial charge < -0.3 is 10.1 Å². The monoisotopic (exact) mass is 457 g/mol. The van der Waals surface area contributed by atoms with Crippen LogP contribution in [0, 0.1) is 6.92 Å². The van der Waals surface area contributed by atoms with Crippen LogP contribution in [0.2, 0.25) is 0 Å². The van der Waals surface area contributed by atoms with Gasteiger partial charge in [-0.15, -0.1) is 22.7 Å². The van der Waals surface area contributed by atoms with Crippen molar-refractivity contribution in [2.24, 2.45) is 0 Å². The van der Waals surface area contributed by atoms with Crippen LogP contribution in [0.4, 0.5) is 5.13 Å². The summed E-state index contributed by atoms with van der Waals surface area (Å²) in [5.41, 5.74) is 1.96. The number of para-hydroxylation sites is 1. The van der Waals surface area contributed by atoms with Crippen LogP contribution in [0.5, 0.6) is 5.75 Å². The zero-order valence-electron chi connectivity index (χ0n) is 18.2. The number of anilines is 1. The smallest absolute Gasteiger partial charge is 0.264 e. The van der Waals surface area contributed by atoms with Crippen LogP contribution in [0.3, 0.4) is 0 Å². The van der Waals surface area contributed by atoms with E-state index in [1.807, 2.05) is 43.3 Å². The predicted octanol–water partition coefficient (Wildman–Crippen LogP) is 5.35. The lowest BCUT2D eigenvalue weighted by Crippen LogP contribution is -2.20. The first-order valence-corrected chi connectivity index (χ1v) is 11.8. The first kappa shape index (κ1) is 23.0. The molecule has 31 heavy (non-hydrogen) atoms. The van der Waals surface area contributed by atoms with Crippen LogP contribution in [0.15, 0.2) is 36.4 Å². The highest BCUT2D eigenvalue weighted by Crippen LogP contribution is 2.35. The number of hydrogen-bond donors (Lipinski definition) is 2. The summed E-state index contributed by atoms with van der Waals surface area (Å²) in [6.07, 6.45) is 1.00. The summed E-state index contributed by atoms with van der Waals surface area (Å²) in [5.74, 6) is 0.814. The van der Waals surface area contributed by atoms with Gasteiger partial charge in [0.05, 0.1) is 17.1 Å². The van der Waals surface area contributed by atoms with Crippen molar-refractivity contribution in [3.63, 3.8) is 0 Å². The van der Waals surface area contributed by atoms with E-state index in [0.29, 0.717) is 17.6 Å². The minimum Gasteiger partial charge on any atom is -0.483 e. The second kappa shape index (κ2) is 10.5. The lowest BCUT2D eigenvalue weighted by Gasteiger charge is -2.15. The third-order valence-electron chi connectivity index (χ3n) is 4.87. The van der Waals surface area contributed by atoms with E-state index in [4.69, 9.17) is 4.74 Å². The number of thiazole rings is 1. The van der Waals surface area contributed by atoms with Gasteiger partial charge in [0.15, 0.2) is 11.7 Å². The molecule has 1 aromatic carbocycles. The number of nitrogens with zero attached hydrogens (tertiary/aromatic N) is 1. The van der Waals surface area contributed by atoms with Gasteiger partial charge >= 0.3 is 0 Å². The SMILES string of the molecule is CCC(C)c1ccccc1OCC(=O)Nc1nc(-c2ccc(CNC(C)=O)s2)c(C)s1.